The number of benzene rings is 1. The molecule has 1 aliphatic heterocycles. The first kappa shape index (κ1) is 9.69. The van der Waals surface area contributed by atoms with Gasteiger partial charge < -0.3 is 10.1 Å². The van der Waals surface area contributed by atoms with E-state index in [0.717, 1.165) is 26.1 Å². The van der Waals surface area contributed by atoms with Crippen LogP contribution in [0.25, 0.3) is 0 Å². The molecule has 2 rings (SSSR count). The molecule has 2 nitrogen and oxygen atoms in total. The highest BCUT2D eigenvalue weighted by Gasteiger charge is 2.32. The fourth-order valence-electron chi connectivity index (χ4n) is 2.02. The third-order valence-electron chi connectivity index (χ3n) is 2.94. The van der Waals surface area contributed by atoms with Crippen LogP contribution in [0.15, 0.2) is 30.3 Å². The lowest BCUT2D eigenvalue weighted by Gasteiger charge is -2.37. The van der Waals surface area contributed by atoms with E-state index in [-0.39, 0.29) is 5.60 Å². The Bertz CT molecular complexity index is 278. The van der Waals surface area contributed by atoms with Gasteiger partial charge in [-0.3, -0.25) is 0 Å². The van der Waals surface area contributed by atoms with E-state index in [1.165, 1.54) is 5.56 Å². The van der Waals surface area contributed by atoms with E-state index in [1.54, 1.807) is 0 Å². The SMILES string of the molecule is CCC1(c2ccccc2)CNCCO1. The van der Waals surface area contributed by atoms with Gasteiger partial charge in [-0.15, -0.1) is 0 Å². The van der Waals surface area contributed by atoms with Crippen LogP contribution in [0, 0.1) is 0 Å². The molecule has 1 fully saturated rings. The van der Waals surface area contributed by atoms with Crippen LogP contribution in [-0.4, -0.2) is 19.7 Å². The van der Waals surface area contributed by atoms with Gasteiger partial charge in [0.2, 0.25) is 0 Å². The first-order chi connectivity index (χ1) is 6.87. The molecule has 1 aliphatic rings. The number of hydrogen-bond acceptors (Lipinski definition) is 2. The normalized spacial score (nSPS) is 27.5. The largest absolute Gasteiger partial charge is 0.368 e. The quantitative estimate of drug-likeness (QED) is 0.771. The monoisotopic (exact) mass is 191 g/mol. The molecule has 1 N–H and O–H groups in total. The van der Waals surface area contributed by atoms with Gasteiger partial charge in [0.25, 0.3) is 0 Å². The third-order valence-corrected chi connectivity index (χ3v) is 2.94. The Kier molecular flexibility index (Phi) is 2.85. The zero-order valence-corrected chi connectivity index (χ0v) is 8.62. The fourth-order valence-corrected chi connectivity index (χ4v) is 2.02. The second-order valence-electron chi connectivity index (χ2n) is 3.74. The predicted octanol–water partition coefficient (Wildman–Crippen LogP) is 1.91. The molecule has 1 unspecified atom stereocenters. The zero-order chi connectivity index (χ0) is 9.86. The second kappa shape index (κ2) is 4.11. The predicted molar refractivity (Wildman–Crippen MR) is 57.2 cm³/mol. The molecule has 1 aromatic rings. The molecular formula is C12H17NO. The highest BCUT2D eigenvalue weighted by molar-refractivity contribution is 5.23. The van der Waals surface area contributed by atoms with Gasteiger partial charge in [0.05, 0.1) is 6.61 Å². The van der Waals surface area contributed by atoms with Crippen LogP contribution in [0.5, 0.6) is 0 Å². The van der Waals surface area contributed by atoms with Crippen molar-refractivity contribution in [3.63, 3.8) is 0 Å². The summed E-state index contributed by atoms with van der Waals surface area (Å²) >= 11 is 0. The molecule has 0 saturated carbocycles. The highest BCUT2D eigenvalue weighted by atomic mass is 16.5. The van der Waals surface area contributed by atoms with E-state index in [9.17, 15) is 0 Å². The number of hydrogen-bond donors (Lipinski definition) is 1. The van der Waals surface area contributed by atoms with Crippen LogP contribution >= 0.6 is 0 Å². The molecule has 0 spiro atoms. The number of nitrogens with one attached hydrogen (secondary N) is 1. The summed E-state index contributed by atoms with van der Waals surface area (Å²) in [6, 6.07) is 10.5. The van der Waals surface area contributed by atoms with Crippen LogP contribution in [0.3, 0.4) is 0 Å². The molecule has 1 aromatic carbocycles. The van der Waals surface area contributed by atoms with Crippen molar-refractivity contribution in [1.29, 1.82) is 0 Å². The van der Waals surface area contributed by atoms with Crippen LogP contribution < -0.4 is 5.32 Å². The van der Waals surface area contributed by atoms with E-state index in [4.69, 9.17) is 4.74 Å². The minimum Gasteiger partial charge on any atom is -0.368 e. The molecule has 2 heteroatoms. The van der Waals surface area contributed by atoms with E-state index in [1.807, 2.05) is 6.07 Å². The summed E-state index contributed by atoms with van der Waals surface area (Å²) in [5.41, 5.74) is 1.19. The molecule has 0 bridgehead atoms. The van der Waals surface area contributed by atoms with Gasteiger partial charge >= 0.3 is 0 Å². The molecule has 1 atom stereocenters. The van der Waals surface area contributed by atoms with Crippen molar-refractivity contribution in [2.45, 2.75) is 18.9 Å². The topological polar surface area (TPSA) is 21.3 Å². The summed E-state index contributed by atoms with van der Waals surface area (Å²) in [4.78, 5) is 0. The smallest absolute Gasteiger partial charge is 0.105 e. The van der Waals surface area contributed by atoms with Crippen molar-refractivity contribution < 1.29 is 4.74 Å². The van der Waals surface area contributed by atoms with Gasteiger partial charge in [-0.25, -0.2) is 0 Å². The highest BCUT2D eigenvalue weighted by Crippen LogP contribution is 2.30. The van der Waals surface area contributed by atoms with Crippen LogP contribution in [0.1, 0.15) is 18.9 Å². The maximum Gasteiger partial charge on any atom is 0.105 e. The minimum absolute atomic E-state index is 0.0977. The Labute approximate surface area is 85.3 Å². The second-order valence-corrected chi connectivity index (χ2v) is 3.74. The molecule has 0 aromatic heterocycles. The molecule has 0 aliphatic carbocycles. The Morgan fingerprint density at radius 1 is 1.36 bits per heavy atom. The van der Waals surface area contributed by atoms with Crippen LogP contribution in [0.4, 0.5) is 0 Å². The van der Waals surface area contributed by atoms with Crippen molar-refractivity contribution in [3.05, 3.63) is 35.9 Å². The van der Waals surface area contributed by atoms with Gasteiger partial charge in [0, 0.05) is 13.1 Å². The lowest BCUT2D eigenvalue weighted by atomic mass is 9.90. The third kappa shape index (κ3) is 1.68. The fraction of sp³-hybridized carbons (Fsp3) is 0.500. The van der Waals surface area contributed by atoms with E-state index in [2.05, 4.69) is 36.5 Å². The van der Waals surface area contributed by atoms with Gasteiger partial charge in [-0.1, -0.05) is 37.3 Å². The Hall–Kier alpha value is -0.860. The standard InChI is InChI=1S/C12H17NO/c1-2-12(10-13-8-9-14-12)11-6-4-3-5-7-11/h3-7,13H,2,8-10H2,1H3. The summed E-state index contributed by atoms with van der Waals surface area (Å²) in [6.45, 7) is 4.88. The first-order valence-corrected chi connectivity index (χ1v) is 5.27. The van der Waals surface area contributed by atoms with E-state index in [0.29, 0.717) is 0 Å². The summed E-state index contributed by atoms with van der Waals surface area (Å²) in [5.74, 6) is 0. The summed E-state index contributed by atoms with van der Waals surface area (Å²) in [5, 5.41) is 3.40. The van der Waals surface area contributed by atoms with Gasteiger partial charge in [-0.2, -0.15) is 0 Å². The molecule has 1 saturated heterocycles. The first-order valence-electron chi connectivity index (χ1n) is 5.27. The molecule has 0 amide bonds. The Morgan fingerprint density at radius 2 is 2.14 bits per heavy atom. The Morgan fingerprint density at radius 3 is 2.71 bits per heavy atom. The van der Waals surface area contributed by atoms with Gasteiger partial charge in [0.1, 0.15) is 5.60 Å². The number of morpholine rings is 1. The summed E-state index contributed by atoms with van der Waals surface area (Å²) in [7, 11) is 0. The lowest BCUT2D eigenvalue weighted by Crippen LogP contribution is -2.47. The molecule has 0 radical (unpaired) electrons. The van der Waals surface area contributed by atoms with Gasteiger partial charge in [0.15, 0.2) is 0 Å². The lowest BCUT2D eigenvalue weighted by molar-refractivity contribution is -0.0737. The van der Waals surface area contributed by atoms with Crippen molar-refractivity contribution in [2.75, 3.05) is 19.7 Å². The molecular weight excluding hydrogens is 174 g/mol. The summed E-state index contributed by atoms with van der Waals surface area (Å²) in [6.07, 6.45) is 1.02. The van der Waals surface area contributed by atoms with Crippen LogP contribution in [0.2, 0.25) is 0 Å². The molecule has 14 heavy (non-hydrogen) atoms. The molecule has 1 heterocycles. The number of rotatable bonds is 2. The minimum atomic E-state index is -0.0977. The van der Waals surface area contributed by atoms with Gasteiger partial charge in [-0.05, 0) is 12.0 Å². The van der Waals surface area contributed by atoms with Crippen molar-refractivity contribution in [1.82, 2.24) is 5.32 Å². The average Bonchev–Trinajstić information content (AvgIpc) is 2.31. The Balaban J connectivity index is 2.27. The maximum absolute atomic E-state index is 5.94. The number of ether oxygens (including phenoxy) is 1. The van der Waals surface area contributed by atoms with E-state index < -0.39 is 0 Å². The maximum atomic E-state index is 5.94. The summed E-state index contributed by atoms with van der Waals surface area (Å²) < 4.78 is 5.94. The molecule has 76 valence electrons. The van der Waals surface area contributed by atoms with Crippen molar-refractivity contribution in [3.8, 4) is 0 Å². The van der Waals surface area contributed by atoms with Crippen LogP contribution in [-0.2, 0) is 10.3 Å². The van der Waals surface area contributed by atoms with Crippen molar-refractivity contribution >= 4 is 0 Å². The zero-order valence-electron chi connectivity index (χ0n) is 8.62. The van der Waals surface area contributed by atoms with Crippen molar-refractivity contribution in [2.24, 2.45) is 0 Å². The van der Waals surface area contributed by atoms with E-state index >= 15 is 0 Å². The average molecular weight is 191 g/mol.